The van der Waals surface area contributed by atoms with Crippen LogP contribution in [-0.4, -0.2) is 18.4 Å². The minimum Gasteiger partial charge on any atom is -0.460 e. The predicted molar refractivity (Wildman–Crippen MR) is 57.4 cm³/mol. The second-order valence-corrected chi connectivity index (χ2v) is 3.80. The monoisotopic (exact) mass is 298 g/mol. The van der Waals surface area contributed by atoms with E-state index in [1.807, 2.05) is 0 Å². The Balaban J connectivity index is 3.34. The number of esters is 1. The molecule has 0 heterocycles. The average molecular weight is 299 g/mol. The fourth-order valence-electron chi connectivity index (χ4n) is 1.27. The van der Waals surface area contributed by atoms with Crippen LogP contribution >= 0.6 is 11.6 Å². The van der Waals surface area contributed by atoms with Crippen molar-refractivity contribution in [3.63, 3.8) is 0 Å². The van der Waals surface area contributed by atoms with E-state index in [9.17, 15) is 27.2 Å². The van der Waals surface area contributed by atoms with Gasteiger partial charge >= 0.3 is 12.1 Å². The molecule has 0 aliphatic rings. The summed E-state index contributed by atoms with van der Waals surface area (Å²) in [4.78, 5) is 22.6. The van der Waals surface area contributed by atoms with Gasteiger partial charge in [-0.2, -0.15) is 13.2 Å². The standard InChI is InChI=1S/C11H7ClF4O3/c1-2-19-10(18)9(17)6-3-5(12)4-7(8(6)13)11(14,15)16/h3-4H,2H2,1H3. The highest BCUT2D eigenvalue weighted by atomic mass is 35.5. The minimum absolute atomic E-state index is 0.168. The summed E-state index contributed by atoms with van der Waals surface area (Å²) in [5, 5.41) is -0.513. The van der Waals surface area contributed by atoms with E-state index < -0.39 is 39.9 Å². The molecule has 0 amide bonds. The molecule has 0 spiro atoms. The lowest BCUT2D eigenvalue weighted by Gasteiger charge is -2.11. The van der Waals surface area contributed by atoms with Crippen molar-refractivity contribution in [2.75, 3.05) is 6.61 Å². The fraction of sp³-hybridized carbons (Fsp3) is 0.273. The lowest BCUT2D eigenvalue weighted by molar-refractivity contribution is -0.140. The Morgan fingerprint density at radius 2 is 1.89 bits per heavy atom. The van der Waals surface area contributed by atoms with Crippen LogP contribution in [0.3, 0.4) is 0 Å². The van der Waals surface area contributed by atoms with Crippen molar-refractivity contribution in [3.05, 3.63) is 34.1 Å². The summed E-state index contributed by atoms with van der Waals surface area (Å²) < 4.78 is 55.4. The highest BCUT2D eigenvalue weighted by Gasteiger charge is 2.37. The van der Waals surface area contributed by atoms with Crippen LogP contribution in [0.5, 0.6) is 0 Å². The van der Waals surface area contributed by atoms with Crippen molar-refractivity contribution in [3.8, 4) is 0 Å². The van der Waals surface area contributed by atoms with Crippen molar-refractivity contribution < 1.29 is 31.9 Å². The summed E-state index contributed by atoms with van der Waals surface area (Å²) >= 11 is 5.38. The van der Waals surface area contributed by atoms with Crippen LogP contribution in [0.15, 0.2) is 12.1 Å². The number of ether oxygens (including phenoxy) is 1. The Morgan fingerprint density at radius 1 is 1.32 bits per heavy atom. The van der Waals surface area contributed by atoms with Gasteiger partial charge in [0.15, 0.2) is 0 Å². The highest BCUT2D eigenvalue weighted by molar-refractivity contribution is 6.41. The van der Waals surface area contributed by atoms with Crippen molar-refractivity contribution in [1.29, 1.82) is 0 Å². The number of Topliss-reactive ketones (excluding diaryl/α,β-unsaturated/α-hetero) is 1. The van der Waals surface area contributed by atoms with Crippen LogP contribution in [-0.2, 0) is 15.7 Å². The minimum atomic E-state index is -5.03. The van der Waals surface area contributed by atoms with Crippen LogP contribution in [0.1, 0.15) is 22.8 Å². The molecule has 1 aromatic rings. The first-order chi connectivity index (χ1) is 8.68. The quantitative estimate of drug-likeness (QED) is 0.372. The van der Waals surface area contributed by atoms with E-state index >= 15 is 0 Å². The number of alkyl halides is 3. The molecule has 0 radical (unpaired) electrons. The maximum Gasteiger partial charge on any atom is 0.419 e. The van der Waals surface area contributed by atoms with Gasteiger partial charge in [-0.3, -0.25) is 4.79 Å². The summed E-state index contributed by atoms with van der Waals surface area (Å²) in [6.07, 6.45) is -5.03. The van der Waals surface area contributed by atoms with Crippen LogP contribution in [0, 0.1) is 5.82 Å². The summed E-state index contributed by atoms with van der Waals surface area (Å²) in [6, 6.07) is 0.976. The number of carbonyl (C=O) groups excluding carboxylic acids is 2. The Morgan fingerprint density at radius 3 is 2.37 bits per heavy atom. The molecule has 3 nitrogen and oxygen atoms in total. The second-order valence-electron chi connectivity index (χ2n) is 3.36. The molecule has 104 valence electrons. The van der Waals surface area contributed by atoms with E-state index in [1.54, 1.807) is 0 Å². The molecule has 0 unspecified atom stereocenters. The molecule has 1 rings (SSSR count). The van der Waals surface area contributed by atoms with E-state index in [0.29, 0.717) is 12.1 Å². The first kappa shape index (κ1) is 15.4. The second kappa shape index (κ2) is 5.56. The topological polar surface area (TPSA) is 43.4 Å². The van der Waals surface area contributed by atoms with Gasteiger partial charge in [0.2, 0.25) is 0 Å². The van der Waals surface area contributed by atoms with Gasteiger partial charge in [-0.05, 0) is 19.1 Å². The normalized spacial score (nSPS) is 11.3. The number of rotatable bonds is 3. The lowest BCUT2D eigenvalue weighted by atomic mass is 10.1. The zero-order valence-corrected chi connectivity index (χ0v) is 10.2. The largest absolute Gasteiger partial charge is 0.460 e. The average Bonchev–Trinajstić information content (AvgIpc) is 2.29. The van der Waals surface area contributed by atoms with Crippen LogP contribution in [0.4, 0.5) is 17.6 Å². The van der Waals surface area contributed by atoms with Crippen molar-refractivity contribution in [1.82, 2.24) is 0 Å². The molecule has 0 atom stereocenters. The summed E-state index contributed by atoms with van der Waals surface area (Å²) in [5.74, 6) is -4.82. The molecule has 0 aromatic heterocycles. The first-order valence-corrected chi connectivity index (χ1v) is 5.34. The highest BCUT2D eigenvalue weighted by Crippen LogP contribution is 2.34. The Labute approximate surface area is 110 Å². The number of halogens is 5. The number of ketones is 1. The zero-order chi connectivity index (χ0) is 14.8. The van der Waals surface area contributed by atoms with Crippen molar-refractivity contribution >= 4 is 23.4 Å². The summed E-state index contributed by atoms with van der Waals surface area (Å²) in [6.45, 7) is 1.22. The molecule has 0 bridgehead atoms. The summed E-state index contributed by atoms with van der Waals surface area (Å²) in [7, 11) is 0. The van der Waals surface area contributed by atoms with Gasteiger partial charge in [-0.15, -0.1) is 0 Å². The van der Waals surface area contributed by atoms with Gasteiger partial charge in [0, 0.05) is 5.02 Å². The molecule has 1 aromatic carbocycles. The van der Waals surface area contributed by atoms with Gasteiger partial charge in [0.1, 0.15) is 5.82 Å². The maximum atomic E-state index is 13.6. The molecular weight excluding hydrogens is 292 g/mol. The van der Waals surface area contributed by atoms with Gasteiger partial charge < -0.3 is 4.74 Å². The van der Waals surface area contributed by atoms with E-state index in [1.165, 1.54) is 6.92 Å². The third-order valence-electron chi connectivity index (χ3n) is 2.05. The first-order valence-electron chi connectivity index (χ1n) is 4.96. The third-order valence-corrected chi connectivity index (χ3v) is 2.27. The molecule has 0 saturated heterocycles. The van der Waals surface area contributed by atoms with Crippen LogP contribution in [0.2, 0.25) is 5.02 Å². The molecule has 0 aliphatic carbocycles. The molecule has 8 heteroatoms. The molecule has 19 heavy (non-hydrogen) atoms. The van der Waals surface area contributed by atoms with Gasteiger partial charge in [-0.25, -0.2) is 9.18 Å². The van der Waals surface area contributed by atoms with Crippen LogP contribution < -0.4 is 0 Å². The van der Waals surface area contributed by atoms with Crippen molar-refractivity contribution in [2.24, 2.45) is 0 Å². The van der Waals surface area contributed by atoms with Gasteiger partial charge in [-0.1, -0.05) is 11.6 Å². The van der Waals surface area contributed by atoms with Gasteiger partial charge in [0.05, 0.1) is 17.7 Å². The molecule has 0 fully saturated rings. The van der Waals surface area contributed by atoms with E-state index in [0.717, 1.165) is 0 Å². The number of carbonyl (C=O) groups is 2. The predicted octanol–water partition coefficient (Wildman–Crippen LogP) is 3.24. The number of hydrogen-bond acceptors (Lipinski definition) is 3. The summed E-state index contributed by atoms with van der Waals surface area (Å²) in [5.41, 5.74) is -2.79. The zero-order valence-electron chi connectivity index (χ0n) is 9.48. The Kier molecular flexibility index (Phi) is 4.52. The number of hydrogen-bond donors (Lipinski definition) is 0. The maximum absolute atomic E-state index is 13.6. The van der Waals surface area contributed by atoms with E-state index in [-0.39, 0.29) is 6.61 Å². The SMILES string of the molecule is CCOC(=O)C(=O)c1cc(Cl)cc(C(F)(F)F)c1F. The van der Waals surface area contributed by atoms with E-state index in [2.05, 4.69) is 4.74 Å². The smallest absolute Gasteiger partial charge is 0.419 e. The molecule has 0 saturated carbocycles. The fourth-order valence-corrected chi connectivity index (χ4v) is 1.49. The van der Waals surface area contributed by atoms with Gasteiger partial charge in [0.25, 0.3) is 5.78 Å². The van der Waals surface area contributed by atoms with E-state index in [4.69, 9.17) is 11.6 Å². The third kappa shape index (κ3) is 3.44. The van der Waals surface area contributed by atoms with Crippen LogP contribution in [0.25, 0.3) is 0 Å². The Hall–Kier alpha value is -1.63. The molecule has 0 N–H and O–H groups in total. The number of benzene rings is 1. The van der Waals surface area contributed by atoms with Crippen molar-refractivity contribution in [2.45, 2.75) is 13.1 Å². The molecule has 0 aliphatic heterocycles. The lowest BCUT2D eigenvalue weighted by Crippen LogP contribution is -2.21. The Bertz CT molecular complexity index is 525. The molecular formula is C11H7ClF4O3.